The van der Waals surface area contributed by atoms with E-state index in [-0.39, 0.29) is 35.6 Å². The lowest BCUT2D eigenvalue weighted by molar-refractivity contribution is -0.211. The molecule has 2 amide bonds. The standard InChI is InChI=1S/C26H35N3O8S/c1-4-28(29(32)25(30)19-20-13-15-27(16-14-20)26(31)37-18-17-35-2)38(33,34)24-11-7-22(8-12-24)21-5-9-23(36-3)10-6-21/h5-12,20,32H,4,13-19H2,1-3H3. The highest BCUT2D eigenvalue weighted by Crippen LogP contribution is 2.26. The van der Waals surface area contributed by atoms with Gasteiger partial charge >= 0.3 is 6.09 Å². The van der Waals surface area contributed by atoms with Crippen molar-refractivity contribution in [2.24, 2.45) is 5.92 Å². The molecule has 0 atom stereocenters. The maximum Gasteiger partial charge on any atom is 0.409 e. The minimum absolute atomic E-state index is 0.0501. The molecule has 11 nitrogen and oxygen atoms in total. The summed E-state index contributed by atoms with van der Waals surface area (Å²) in [6.07, 6.45) is 0.581. The van der Waals surface area contributed by atoms with Gasteiger partial charge in [-0.2, -0.15) is 0 Å². The highest BCUT2D eigenvalue weighted by atomic mass is 32.2. The van der Waals surface area contributed by atoms with Crippen molar-refractivity contribution < 1.29 is 37.4 Å². The molecule has 2 aromatic rings. The molecule has 208 valence electrons. The summed E-state index contributed by atoms with van der Waals surface area (Å²) in [6.45, 7) is 2.69. The molecule has 1 saturated heterocycles. The summed E-state index contributed by atoms with van der Waals surface area (Å²) in [6, 6.07) is 13.6. The van der Waals surface area contributed by atoms with Gasteiger partial charge in [-0.25, -0.2) is 13.2 Å². The van der Waals surface area contributed by atoms with Crippen LogP contribution in [0.5, 0.6) is 5.75 Å². The first-order valence-corrected chi connectivity index (χ1v) is 13.8. The zero-order valence-electron chi connectivity index (χ0n) is 21.9. The van der Waals surface area contributed by atoms with Crippen molar-refractivity contribution in [2.75, 3.05) is 47.1 Å². The van der Waals surface area contributed by atoms with Crippen LogP contribution >= 0.6 is 0 Å². The van der Waals surface area contributed by atoms with Crippen molar-refractivity contribution >= 4 is 22.0 Å². The Hall–Kier alpha value is -3.19. The van der Waals surface area contributed by atoms with E-state index < -0.39 is 22.0 Å². The highest BCUT2D eigenvalue weighted by Gasteiger charge is 2.33. The summed E-state index contributed by atoms with van der Waals surface area (Å²) >= 11 is 0. The van der Waals surface area contributed by atoms with Gasteiger partial charge in [-0.15, -0.1) is 5.17 Å². The first-order valence-electron chi connectivity index (χ1n) is 12.4. The van der Waals surface area contributed by atoms with Gasteiger partial charge in [0, 0.05) is 33.2 Å². The summed E-state index contributed by atoms with van der Waals surface area (Å²) in [5, 5.41) is 10.8. The fraction of sp³-hybridized carbons (Fsp3) is 0.462. The Balaban J connectivity index is 1.60. The molecule has 0 aliphatic carbocycles. The van der Waals surface area contributed by atoms with E-state index in [9.17, 15) is 23.2 Å². The van der Waals surface area contributed by atoms with Crippen LogP contribution in [0.15, 0.2) is 53.4 Å². The van der Waals surface area contributed by atoms with Crippen LogP contribution in [0.3, 0.4) is 0 Å². The Morgan fingerprint density at radius 3 is 2.08 bits per heavy atom. The first-order chi connectivity index (χ1) is 18.2. The fourth-order valence-corrected chi connectivity index (χ4v) is 5.56. The van der Waals surface area contributed by atoms with E-state index in [1.54, 1.807) is 24.1 Å². The summed E-state index contributed by atoms with van der Waals surface area (Å²) < 4.78 is 42.3. The molecule has 0 bridgehead atoms. The Kier molecular flexibility index (Phi) is 10.5. The van der Waals surface area contributed by atoms with E-state index in [2.05, 4.69) is 0 Å². The lowest BCUT2D eigenvalue weighted by Gasteiger charge is -2.32. The molecule has 1 aliphatic rings. The second-order valence-electron chi connectivity index (χ2n) is 8.82. The number of methoxy groups -OCH3 is 2. The maximum absolute atomic E-state index is 13.2. The topological polar surface area (TPSA) is 126 Å². The molecule has 0 unspecified atom stereocenters. The molecule has 12 heteroatoms. The molecule has 0 spiro atoms. The van der Waals surface area contributed by atoms with Gasteiger partial charge in [0.1, 0.15) is 12.4 Å². The largest absolute Gasteiger partial charge is 0.497 e. The molecule has 1 N–H and O–H groups in total. The first kappa shape index (κ1) is 29.4. The molecular formula is C26H35N3O8S. The van der Waals surface area contributed by atoms with Crippen LogP contribution in [-0.2, 0) is 24.3 Å². The number of carbonyl (C=O) groups excluding carboxylic acids is 2. The zero-order valence-corrected chi connectivity index (χ0v) is 22.7. The van der Waals surface area contributed by atoms with Crippen LogP contribution in [0.25, 0.3) is 11.1 Å². The monoisotopic (exact) mass is 549 g/mol. The number of amides is 2. The van der Waals surface area contributed by atoms with E-state index in [1.165, 1.54) is 26.2 Å². The van der Waals surface area contributed by atoms with Crippen LogP contribution in [0.4, 0.5) is 4.79 Å². The van der Waals surface area contributed by atoms with Crippen LogP contribution in [0.2, 0.25) is 0 Å². The summed E-state index contributed by atoms with van der Waals surface area (Å²) in [5.41, 5.74) is 1.69. The second kappa shape index (κ2) is 13.6. The molecule has 2 aromatic carbocycles. The van der Waals surface area contributed by atoms with E-state index in [1.807, 2.05) is 24.3 Å². The minimum atomic E-state index is -4.19. The summed E-state index contributed by atoms with van der Waals surface area (Å²) in [5.74, 6) is -0.123. The van der Waals surface area contributed by atoms with Gasteiger partial charge in [0.05, 0.1) is 18.6 Å². The van der Waals surface area contributed by atoms with Crippen molar-refractivity contribution in [2.45, 2.75) is 31.1 Å². The highest BCUT2D eigenvalue weighted by molar-refractivity contribution is 7.89. The SMILES string of the molecule is CCN(N(O)C(=O)CC1CCN(C(=O)OCCOC)CC1)S(=O)(=O)c1ccc(-c2ccc(OC)cc2)cc1. The number of nitrogens with zero attached hydrogens (tertiary/aromatic N) is 3. The second-order valence-corrected chi connectivity index (χ2v) is 10.7. The lowest BCUT2D eigenvalue weighted by atomic mass is 9.93. The van der Waals surface area contributed by atoms with E-state index in [4.69, 9.17) is 14.2 Å². The predicted octanol–water partition coefficient (Wildman–Crippen LogP) is 3.39. The van der Waals surface area contributed by atoms with Gasteiger partial charge in [0.15, 0.2) is 0 Å². The molecule has 0 saturated carbocycles. The summed E-state index contributed by atoms with van der Waals surface area (Å²) in [7, 11) is -1.09. The maximum atomic E-state index is 13.2. The number of hydrogen-bond acceptors (Lipinski definition) is 8. The number of rotatable bonds is 11. The molecule has 0 aromatic heterocycles. The normalized spacial score (nSPS) is 14.4. The van der Waals surface area contributed by atoms with Crippen molar-refractivity contribution in [3.63, 3.8) is 0 Å². The fourth-order valence-electron chi connectivity index (χ4n) is 4.21. The average Bonchev–Trinajstić information content (AvgIpc) is 2.93. The van der Waals surface area contributed by atoms with E-state index in [0.717, 1.165) is 11.1 Å². The quantitative estimate of drug-likeness (QED) is 0.257. The van der Waals surface area contributed by atoms with Crippen molar-refractivity contribution in [1.82, 2.24) is 14.5 Å². The molecular weight excluding hydrogens is 514 g/mol. The van der Waals surface area contributed by atoms with Gasteiger partial charge in [0.2, 0.25) is 0 Å². The number of ether oxygens (including phenoxy) is 3. The molecule has 1 aliphatic heterocycles. The number of carbonyl (C=O) groups is 2. The van der Waals surface area contributed by atoms with E-state index >= 15 is 0 Å². The summed E-state index contributed by atoms with van der Waals surface area (Å²) in [4.78, 5) is 26.4. The molecule has 0 radical (unpaired) electrons. The van der Waals surface area contributed by atoms with Crippen molar-refractivity contribution in [3.8, 4) is 16.9 Å². The van der Waals surface area contributed by atoms with Crippen LogP contribution < -0.4 is 4.74 Å². The number of sulfonamides is 1. The third-order valence-electron chi connectivity index (χ3n) is 6.41. The lowest BCUT2D eigenvalue weighted by Crippen LogP contribution is -2.48. The van der Waals surface area contributed by atoms with Gasteiger partial charge in [-0.05, 0) is 61.1 Å². The number of piperidine rings is 1. The Morgan fingerprint density at radius 1 is 0.974 bits per heavy atom. The zero-order chi connectivity index (χ0) is 27.7. The number of hydroxylamine groups is 1. The van der Waals surface area contributed by atoms with Gasteiger partial charge in [0.25, 0.3) is 15.9 Å². The molecule has 38 heavy (non-hydrogen) atoms. The minimum Gasteiger partial charge on any atom is -0.497 e. The van der Waals surface area contributed by atoms with Gasteiger partial charge in [-0.1, -0.05) is 28.7 Å². The van der Waals surface area contributed by atoms with Crippen molar-refractivity contribution in [1.29, 1.82) is 0 Å². The molecule has 1 heterocycles. The van der Waals surface area contributed by atoms with Crippen LogP contribution in [0, 0.1) is 5.92 Å². The number of likely N-dealkylation sites (tertiary alicyclic amines) is 1. The number of hydrogen-bond donors (Lipinski definition) is 1. The predicted molar refractivity (Wildman–Crippen MR) is 139 cm³/mol. The Bertz CT molecular complexity index is 1160. The number of benzene rings is 2. The van der Waals surface area contributed by atoms with E-state index in [0.29, 0.717) is 42.7 Å². The average molecular weight is 550 g/mol. The van der Waals surface area contributed by atoms with Crippen molar-refractivity contribution in [3.05, 3.63) is 48.5 Å². The van der Waals surface area contributed by atoms with Gasteiger partial charge < -0.3 is 19.1 Å². The molecule has 3 rings (SSSR count). The third kappa shape index (κ3) is 7.22. The smallest absolute Gasteiger partial charge is 0.409 e. The third-order valence-corrected chi connectivity index (χ3v) is 8.24. The van der Waals surface area contributed by atoms with Crippen LogP contribution in [0.1, 0.15) is 26.2 Å². The van der Waals surface area contributed by atoms with Crippen LogP contribution in [-0.4, -0.2) is 87.2 Å². The van der Waals surface area contributed by atoms with Gasteiger partial charge in [-0.3, -0.25) is 10.0 Å². The Morgan fingerprint density at radius 2 is 1.55 bits per heavy atom. The Labute approximate surface area is 223 Å². The molecule has 1 fully saturated rings. The number of hydrazine groups is 1.